The summed E-state index contributed by atoms with van der Waals surface area (Å²) in [6, 6.07) is 9.58. The lowest BCUT2D eigenvalue weighted by Gasteiger charge is -2.34. The van der Waals surface area contributed by atoms with Crippen LogP contribution in [0.25, 0.3) is 0 Å². The zero-order valence-electron chi connectivity index (χ0n) is 16.6. The van der Waals surface area contributed by atoms with E-state index in [0.717, 1.165) is 41.3 Å². The largest absolute Gasteiger partial charge is 0.486 e. The molecule has 2 amide bonds. The number of amides is 2. The minimum absolute atomic E-state index is 0.0346. The summed E-state index contributed by atoms with van der Waals surface area (Å²) < 4.78 is 11.2. The van der Waals surface area contributed by atoms with Crippen LogP contribution in [0.1, 0.15) is 35.0 Å². The Labute approximate surface area is 175 Å². The molecular weight excluding hydrogens is 388 g/mol. The molecule has 1 atom stereocenters. The van der Waals surface area contributed by atoms with Gasteiger partial charge in [0.2, 0.25) is 5.91 Å². The molecule has 3 heterocycles. The number of benzene rings is 1. The van der Waals surface area contributed by atoms with Gasteiger partial charge in [0.1, 0.15) is 13.2 Å². The maximum atomic E-state index is 13.2. The monoisotopic (exact) mass is 414 g/mol. The van der Waals surface area contributed by atoms with Crippen LogP contribution in [0.3, 0.4) is 0 Å². The molecule has 154 valence electrons. The molecule has 0 N–H and O–H groups in total. The van der Waals surface area contributed by atoms with Crippen LogP contribution >= 0.6 is 11.3 Å². The van der Waals surface area contributed by atoms with Gasteiger partial charge in [-0.15, -0.1) is 11.3 Å². The van der Waals surface area contributed by atoms with Crippen LogP contribution in [0.2, 0.25) is 0 Å². The van der Waals surface area contributed by atoms with Gasteiger partial charge in [0, 0.05) is 26.2 Å². The van der Waals surface area contributed by atoms with Gasteiger partial charge in [-0.25, -0.2) is 0 Å². The van der Waals surface area contributed by atoms with E-state index in [1.54, 1.807) is 0 Å². The lowest BCUT2D eigenvalue weighted by Crippen LogP contribution is -2.46. The number of carbonyl (C=O) groups excluding carboxylic acids is 2. The van der Waals surface area contributed by atoms with E-state index in [9.17, 15) is 9.59 Å². The Morgan fingerprint density at radius 1 is 1.21 bits per heavy atom. The fourth-order valence-corrected chi connectivity index (χ4v) is 4.62. The van der Waals surface area contributed by atoms with Crippen LogP contribution in [0, 0.1) is 5.92 Å². The van der Waals surface area contributed by atoms with Gasteiger partial charge in [0.05, 0.1) is 10.8 Å². The van der Waals surface area contributed by atoms with E-state index >= 15 is 0 Å². The third-order valence-electron chi connectivity index (χ3n) is 5.46. The van der Waals surface area contributed by atoms with Gasteiger partial charge in [-0.2, -0.15) is 0 Å². The third-order valence-corrected chi connectivity index (χ3v) is 6.32. The van der Waals surface area contributed by atoms with E-state index in [4.69, 9.17) is 9.47 Å². The van der Waals surface area contributed by atoms with Crippen LogP contribution in [0.4, 0.5) is 0 Å². The van der Waals surface area contributed by atoms with Crippen LogP contribution in [-0.4, -0.2) is 54.5 Å². The van der Waals surface area contributed by atoms with Crippen LogP contribution in [0.15, 0.2) is 35.7 Å². The molecule has 0 radical (unpaired) electrons. The van der Waals surface area contributed by atoms with Gasteiger partial charge < -0.3 is 19.3 Å². The Morgan fingerprint density at radius 2 is 2.03 bits per heavy atom. The molecule has 29 heavy (non-hydrogen) atoms. The molecule has 1 aromatic carbocycles. The summed E-state index contributed by atoms with van der Waals surface area (Å²) in [5.74, 6) is 1.50. The minimum Gasteiger partial charge on any atom is -0.486 e. The van der Waals surface area contributed by atoms with E-state index in [2.05, 4.69) is 0 Å². The number of hydrogen-bond donors (Lipinski definition) is 0. The first kappa shape index (κ1) is 19.8. The Kier molecular flexibility index (Phi) is 6.04. The van der Waals surface area contributed by atoms with Gasteiger partial charge in [0.15, 0.2) is 11.5 Å². The van der Waals surface area contributed by atoms with Gasteiger partial charge >= 0.3 is 0 Å². The lowest BCUT2D eigenvalue weighted by molar-refractivity contribution is -0.137. The van der Waals surface area contributed by atoms with Crippen molar-refractivity contribution < 1.29 is 19.1 Å². The van der Waals surface area contributed by atoms with Crippen molar-refractivity contribution in [2.45, 2.75) is 26.3 Å². The van der Waals surface area contributed by atoms with Crippen LogP contribution < -0.4 is 9.47 Å². The van der Waals surface area contributed by atoms with Gasteiger partial charge in [-0.05, 0) is 48.9 Å². The number of fused-ring (bicyclic) bond motifs is 1. The van der Waals surface area contributed by atoms with Crippen molar-refractivity contribution in [1.82, 2.24) is 9.80 Å². The van der Waals surface area contributed by atoms with Crippen molar-refractivity contribution in [3.8, 4) is 11.5 Å². The first-order chi connectivity index (χ1) is 14.2. The molecule has 1 aromatic heterocycles. The highest BCUT2D eigenvalue weighted by atomic mass is 32.1. The quantitative estimate of drug-likeness (QED) is 0.752. The average molecular weight is 415 g/mol. The highest BCUT2D eigenvalue weighted by Gasteiger charge is 2.31. The summed E-state index contributed by atoms with van der Waals surface area (Å²) in [5.41, 5.74) is 1.02. The SMILES string of the molecule is CCN(Cc1ccc2c(c1)OCCO2)C(=O)C1CCCN(C(=O)c2cccs2)C1. The second-order valence-corrected chi connectivity index (χ2v) is 8.35. The van der Waals surface area contributed by atoms with Crippen molar-refractivity contribution in [1.29, 1.82) is 0 Å². The number of nitrogens with zero attached hydrogens (tertiary/aromatic N) is 2. The second-order valence-electron chi connectivity index (χ2n) is 7.40. The Morgan fingerprint density at radius 3 is 2.79 bits per heavy atom. The number of ether oxygens (including phenoxy) is 2. The smallest absolute Gasteiger partial charge is 0.263 e. The predicted octanol–water partition coefficient (Wildman–Crippen LogP) is 3.42. The summed E-state index contributed by atoms with van der Waals surface area (Å²) in [7, 11) is 0. The maximum Gasteiger partial charge on any atom is 0.263 e. The highest BCUT2D eigenvalue weighted by molar-refractivity contribution is 7.12. The molecule has 1 saturated heterocycles. The maximum absolute atomic E-state index is 13.2. The zero-order chi connectivity index (χ0) is 20.2. The summed E-state index contributed by atoms with van der Waals surface area (Å²) in [6.07, 6.45) is 1.68. The molecule has 2 aliphatic rings. The molecule has 1 unspecified atom stereocenters. The molecule has 0 spiro atoms. The van der Waals surface area contributed by atoms with Gasteiger partial charge in [0.25, 0.3) is 5.91 Å². The third kappa shape index (κ3) is 4.40. The van der Waals surface area contributed by atoms with Crippen molar-refractivity contribution in [2.75, 3.05) is 32.8 Å². The molecule has 2 aromatic rings. The fourth-order valence-electron chi connectivity index (χ4n) is 3.93. The Bertz CT molecular complexity index is 868. The normalized spacial score (nSPS) is 18.4. The molecule has 1 fully saturated rings. The van der Waals surface area contributed by atoms with E-state index in [1.807, 2.05) is 52.4 Å². The van der Waals surface area contributed by atoms with E-state index in [-0.39, 0.29) is 17.7 Å². The molecule has 0 bridgehead atoms. The van der Waals surface area contributed by atoms with E-state index in [0.29, 0.717) is 32.8 Å². The molecule has 7 heteroatoms. The average Bonchev–Trinajstić information content (AvgIpc) is 3.31. The standard InChI is InChI=1S/C22H26N2O4S/c1-2-23(14-16-7-8-18-19(13-16)28-11-10-27-18)21(25)17-5-3-9-24(15-17)22(26)20-6-4-12-29-20/h4,6-8,12-13,17H,2-3,5,9-11,14-15H2,1H3. The molecule has 0 saturated carbocycles. The zero-order valence-corrected chi connectivity index (χ0v) is 17.5. The van der Waals surface area contributed by atoms with Gasteiger partial charge in [-0.1, -0.05) is 12.1 Å². The second kappa shape index (κ2) is 8.86. The highest BCUT2D eigenvalue weighted by Crippen LogP contribution is 2.31. The number of rotatable bonds is 5. The van der Waals surface area contributed by atoms with E-state index < -0.39 is 0 Å². The number of thiophene rings is 1. The van der Waals surface area contributed by atoms with Crippen molar-refractivity contribution >= 4 is 23.2 Å². The molecule has 6 nitrogen and oxygen atoms in total. The Balaban J connectivity index is 1.42. The van der Waals surface area contributed by atoms with Crippen LogP contribution in [0.5, 0.6) is 11.5 Å². The topological polar surface area (TPSA) is 59.1 Å². The minimum atomic E-state index is -0.148. The molecule has 0 aliphatic carbocycles. The Hall–Kier alpha value is -2.54. The summed E-state index contributed by atoms with van der Waals surface area (Å²) in [5, 5.41) is 1.91. The van der Waals surface area contributed by atoms with Crippen molar-refractivity contribution in [3.05, 3.63) is 46.2 Å². The predicted molar refractivity (Wildman–Crippen MR) is 111 cm³/mol. The number of piperidine rings is 1. The summed E-state index contributed by atoms with van der Waals surface area (Å²) >= 11 is 1.45. The van der Waals surface area contributed by atoms with Gasteiger partial charge in [-0.3, -0.25) is 9.59 Å². The number of likely N-dealkylation sites (tertiary alicyclic amines) is 1. The van der Waals surface area contributed by atoms with Crippen molar-refractivity contribution in [2.24, 2.45) is 5.92 Å². The summed E-state index contributed by atoms with van der Waals surface area (Å²) in [6.45, 7) is 5.47. The first-order valence-electron chi connectivity index (χ1n) is 10.2. The first-order valence-corrected chi connectivity index (χ1v) is 11.0. The number of hydrogen-bond acceptors (Lipinski definition) is 5. The fraction of sp³-hybridized carbons (Fsp3) is 0.455. The van der Waals surface area contributed by atoms with E-state index in [1.165, 1.54) is 11.3 Å². The number of carbonyl (C=O) groups is 2. The molecule has 4 rings (SSSR count). The summed E-state index contributed by atoms with van der Waals surface area (Å²) in [4.78, 5) is 30.3. The molecule has 2 aliphatic heterocycles. The van der Waals surface area contributed by atoms with Crippen molar-refractivity contribution in [3.63, 3.8) is 0 Å². The van der Waals surface area contributed by atoms with Crippen LogP contribution in [-0.2, 0) is 11.3 Å². The molecular formula is C22H26N2O4S. The lowest BCUT2D eigenvalue weighted by atomic mass is 9.96.